The standard InChI is InChI=1S/C14H10OS2/c1-9-5-6-12(17-9)13(15)11-4-2-3-10-7-8-16-14(10)11/h2-8H,1H3. The zero-order valence-corrected chi connectivity index (χ0v) is 10.9. The molecular weight excluding hydrogens is 248 g/mol. The van der Waals surface area contributed by atoms with Gasteiger partial charge in [-0.05, 0) is 42.0 Å². The average Bonchev–Trinajstić information content (AvgIpc) is 2.95. The van der Waals surface area contributed by atoms with E-state index in [-0.39, 0.29) is 5.78 Å². The van der Waals surface area contributed by atoms with Gasteiger partial charge in [-0.1, -0.05) is 12.1 Å². The summed E-state index contributed by atoms with van der Waals surface area (Å²) in [5.41, 5.74) is 0.819. The molecule has 0 aliphatic carbocycles. The second kappa shape index (κ2) is 4.09. The number of aryl methyl sites for hydroxylation is 1. The minimum absolute atomic E-state index is 0.135. The predicted molar refractivity (Wildman–Crippen MR) is 74.3 cm³/mol. The van der Waals surface area contributed by atoms with E-state index in [9.17, 15) is 4.79 Å². The number of fused-ring (bicyclic) bond motifs is 1. The van der Waals surface area contributed by atoms with Gasteiger partial charge in [0, 0.05) is 15.1 Å². The normalized spacial score (nSPS) is 10.9. The Balaban J connectivity index is 2.15. The summed E-state index contributed by atoms with van der Waals surface area (Å²) in [6, 6.07) is 11.9. The number of hydrogen-bond donors (Lipinski definition) is 0. The van der Waals surface area contributed by atoms with Gasteiger partial charge < -0.3 is 0 Å². The number of ketones is 1. The first-order valence-corrected chi connectivity index (χ1v) is 7.03. The van der Waals surface area contributed by atoms with Gasteiger partial charge in [0.25, 0.3) is 0 Å². The van der Waals surface area contributed by atoms with Crippen molar-refractivity contribution in [3.8, 4) is 0 Å². The van der Waals surface area contributed by atoms with Gasteiger partial charge in [0.2, 0.25) is 5.78 Å². The van der Waals surface area contributed by atoms with Crippen LogP contribution < -0.4 is 0 Å². The summed E-state index contributed by atoms with van der Waals surface area (Å²) in [6.07, 6.45) is 0. The summed E-state index contributed by atoms with van der Waals surface area (Å²) in [4.78, 5) is 14.4. The molecular formula is C14H10OS2. The Kier molecular flexibility index (Phi) is 2.57. The molecule has 0 radical (unpaired) electrons. The van der Waals surface area contributed by atoms with Gasteiger partial charge in [-0.25, -0.2) is 0 Å². The lowest BCUT2D eigenvalue weighted by molar-refractivity contribution is 0.104. The summed E-state index contributed by atoms with van der Waals surface area (Å²) >= 11 is 3.18. The van der Waals surface area contributed by atoms with Crippen LogP contribution in [0.5, 0.6) is 0 Å². The van der Waals surface area contributed by atoms with Crippen LogP contribution >= 0.6 is 22.7 Å². The van der Waals surface area contributed by atoms with E-state index < -0.39 is 0 Å². The van der Waals surface area contributed by atoms with Crippen molar-refractivity contribution < 1.29 is 4.79 Å². The molecule has 17 heavy (non-hydrogen) atoms. The fraction of sp³-hybridized carbons (Fsp3) is 0.0714. The SMILES string of the molecule is Cc1ccc(C(=O)c2cccc3ccsc23)s1. The average molecular weight is 258 g/mol. The molecule has 0 bridgehead atoms. The van der Waals surface area contributed by atoms with E-state index in [0.29, 0.717) is 0 Å². The van der Waals surface area contributed by atoms with E-state index in [1.54, 1.807) is 22.7 Å². The Morgan fingerprint density at radius 3 is 2.76 bits per heavy atom. The summed E-state index contributed by atoms with van der Waals surface area (Å²) in [5.74, 6) is 0.135. The zero-order valence-electron chi connectivity index (χ0n) is 9.27. The zero-order chi connectivity index (χ0) is 11.8. The molecule has 3 aromatic rings. The highest BCUT2D eigenvalue weighted by molar-refractivity contribution is 7.18. The van der Waals surface area contributed by atoms with Crippen LogP contribution in [0.4, 0.5) is 0 Å². The highest BCUT2D eigenvalue weighted by Gasteiger charge is 2.14. The third-order valence-electron chi connectivity index (χ3n) is 2.69. The third kappa shape index (κ3) is 1.81. The van der Waals surface area contributed by atoms with Gasteiger partial charge in [-0.3, -0.25) is 4.79 Å². The number of carbonyl (C=O) groups excluding carboxylic acids is 1. The highest BCUT2D eigenvalue weighted by atomic mass is 32.1. The molecule has 1 aromatic carbocycles. The molecule has 0 N–H and O–H groups in total. The number of rotatable bonds is 2. The summed E-state index contributed by atoms with van der Waals surface area (Å²) < 4.78 is 1.09. The van der Waals surface area contributed by atoms with Gasteiger partial charge in [-0.2, -0.15) is 0 Å². The topological polar surface area (TPSA) is 17.1 Å². The number of hydrogen-bond acceptors (Lipinski definition) is 3. The Hall–Kier alpha value is -1.45. The second-order valence-corrected chi connectivity index (χ2v) is 6.09. The maximum absolute atomic E-state index is 12.4. The van der Waals surface area contributed by atoms with Crippen LogP contribution in [0.15, 0.2) is 41.8 Å². The second-order valence-electron chi connectivity index (χ2n) is 3.88. The van der Waals surface area contributed by atoms with Crippen molar-refractivity contribution in [2.75, 3.05) is 0 Å². The van der Waals surface area contributed by atoms with Crippen molar-refractivity contribution in [1.82, 2.24) is 0 Å². The minimum Gasteiger partial charge on any atom is -0.288 e. The molecule has 0 spiro atoms. The number of thiophene rings is 2. The lowest BCUT2D eigenvalue weighted by Gasteiger charge is -1.99. The van der Waals surface area contributed by atoms with E-state index >= 15 is 0 Å². The highest BCUT2D eigenvalue weighted by Crippen LogP contribution is 2.28. The van der Waals surface area contributed by atoms with Crippen molar-refractivity contribution >= 4 is 38.5 Å². The summed E-state index contributed by atoms with van der Waals surface area (Å²) in [6.45, 7) is 2.02. The van der Waals surface area contributed by atoms with Gasteiger partial charge in [0.1, 0.15) is 0 Å². The number of benzene rings is 1. The van der Waals surface area contributed by atoms with E-state index in [0.717, 1.165) is 20.5 Å². The van der Waals surface area contributed by atoms with Crippen molar-refractivity contribution in [2.24, 2.45) is 0 Å². The number of carbonyl (C=O) groups is 1. The monoisotopic (exact) mass is 258 g/mol. The third-order valence-corrected chi connectivity index (χ3v) is 4.65. The molecule has 2 heterocycles. The molecule has 3 rings (SSSR count). The lowest BCUT2D eigenvalue weighted by Crippen LogP contribution is -1.98. The Bertz CT molecular complexity index is 691. The van der Waals surface area contributed by atoms with Crippen molar-refractivity contribution in [2.45, 2.75) is 6.92 Å². The van der Waals surface area contributed by atoms with Crippen LogP contribution in [-0.2, 0) is 0 Å². The maximum atomic E-state index is 12.4. The molecule has 0 aliphatic heterocycles. The van der Waals surface area contributed by atoms with Crippen LogP contribution in [0.25, 0.3) is 10.1 Å². The minimum atomic E-state index is 0.135. The van der Waals surface area contributed by atoms with Crippen LogP contribution in [0, 0.1) is 6.92 Å². The Morgan fingerprint density at radius 1 is 1.12 bits per heavy atom. The predicted octanol–water partition coefficient (Wildman–Crippen LogP) is 4.50. The quantitative estimate of drug-likeness (QED) is 0.618. The van der Waals surface area contributed by atoms with Crippen molar-refractivity contribution in [3.63, 3.8) is 0 Å². The van der Waals surface area contributed by atoms with Gasteiger partial charge in [0.15, 0.2) is 0 Å². The molecule has 3 heteroatoms. The van der Waals surface area contributed by atoms with Gasteiger partial charge in [0.05, 0.1) is 4.88 Å². The molecule has 0 atom stereocenters. The largest absolute Gasteiger partial charge is 0.288 e. The first-order chi connectivity index (χ1) is 8.25. The van der Waals surface area contributed by atoms with E-state index in [2.05, 4.69) is 6.07 Å². The molecule has 84 valence electrons. The molecule has 0 fully saturated rings. The van der Waals surface area contributed by atoms with Crippen LogP contribution in [0.1, 0.15) is 20.1 Å². The molecule has 2 aromatic heterocycles. The lowest BCUT2D eigenvalue weighted by atomic mass is 10.1. The molecule has 0 amide bonds. The fourth-order valence-corrected chi connectivity index (χ4v) is 3.59. The first-order valence-electron chi connectivity index (χ1n) is 5.33. The molecule has 0 aliphatic rings. The van der Waals surface area contributed by atoms with Crippen molar-refractivity contribution in [1.29, 1.82) is 0 Å². The van der Waals surface area contributed by atoms with Crippen LogP contribution in [-0.4, -0.2) is 5.78 Å². The molecule has 0 unspecified atom stereocenters. The van der Waals surface area contributed by atoms with Gasteiger partial charge in [-0.15, -0.1) is 22.7 Å². The van der Waals surface area contributed by atoms with E-state index in [1.807, 2.05) is 42.6 Å². The molecule has 0 saturated heterocycles. The fourth-order valence-electron chi connectivity index (χ4n) is 1.86. The first kappa shape index (κ1) is 10.7. The van der Waals surface area contributed by atoms with Crippen LogP contribution in [0.3, 0.4) is 0 Å². The molecule has 0 saturated carbocycles. The van der Waals surface area contributed by atoms with Gasteiger partial charge >= 0.3 is 0 Å². The summed E-state index contributed by atoms with van der Waals surface area (Å²) in [5, 5.41) is 3.18. The Morgan fingerprint density at radius 2 is 2.00 bits per heavy atom. The summed E-state index contributed by atoms with van der Waals surface area (Å²) in [7, 11) is 0. The smallest absolute Gasteiger partial charge is 0.204 e. The van der Waals surface area contributed by atoms with Crippen LogP contribution in [0.2, 0.25) is 0 Å². The van der Waals surface area contributed by atoms with E-state index in [1.165, 1.54) is 4.88 Å². The van der Waals surface area contributed by atoms with E-state index in [4.69, 9.17) is 0 Å². The maximum Gasteiger partial charge on any atom is 0.204 e. The Labute approximate surface area is 107 Å². The van der Waals surface area contributed by atoms with Crippen molar-refractivity contribution in [3.05, 3.63) is 57.1 Å². The molecule has 1 nitrogen and oxygen atoms in total.